The minimum Gasteiger partial charge on any atom is -0.394 e. The molecule has 1 saturated carbocycles. The summed E-state index contributed by atoms with van der Waals surface area (Å²) in [4.78, 5) is 15.2. The van der Waals surface area contributed by atoms with Crippen LogP contribution in [-0.4, -0.2) is 41.4 Å². The van der Waals surface area contributed by atoms with Crippen molar-refractivity contribution in [3.63, 3.8) is 0 Å². The first-order valence-corrected chi connectivity index (χ1v) is 8.00. The second kappa shape index (κ2) is 6.12. The summed E-state index contributed by atoms with van der Waals surface area (Å²) in [6.45, 7) is 3.04. The van der Waals surface area contributed by atoms with Gasteiger partial charge in [-0.25, -0.2) is 8.42 Å². The Kier molecular flexibility index (Phi) is 4.60. The number of sulfonamides is 1. The number of hydrogen-bond donors (Lipinski definition) is 4. The second-order valence-electron chi connectivity index (χ2n) is 4.96. The zero-order chi connectivity index (χ0) is 16.5. The lowest BCUT2D eigenvalue weighted by Crippen LogP contribution is -2.35. The summed E-state index contributed by atoms with van der Waals surface area (Å²) in [5.41, 5.74) is 10.5. The number of amides is 1. The summed E-state index contributed by atoms with van der Waals surface area (Å²) in [5.74, 6) is -1.15. The van der Waals surface area contributed by atoms with Gasteiger partial charge < -0.3 is 21.1 Å². The Labute approximate surface area is 126 Å². The summed E-state index contributed by atoms with van der Waals surface area (Å²) in [6, 6.07) is -2.16. The Hall–Kier alpha value is -1.82. The van der Waals surface area contributed by atoms with Crippen LogP contribution in [0.2, 0.25) is 0 Å². The van der Waals surface area contributed by atoms with Gasteiger partial charge in [-0.3, -0.25) is 4.79 Å². The maximum Gasteiger partial charge on any atom is 0.249 e. The van der Waals surface area contributed by atoms with Crippen molar-refractivity contribution >= 4 is 15.9 Å². The van der Waals surface area contributed by atoms with E-state index in [-0.39, 0.29) is 17.3 Å². The third-order valence-electron chi connectivity index (χ3n) is 3.14. The van der Waals surface area contributed by atoms with E-state index in [0.29, 0.717) is 12.8 Å². The molecule has 22 heavy (non-hydrogen) atoms. The molecule has 2 atom stereocenters. The number of nitrogens with two attached hydrogens (primary N) is 2. The molecule has 11 heteroatoms. The number of primary amides is 1. The van der Waals surface area contributed by atoms with Crippen LogP contribution in [0.4, 0.5) is 0 Å². The molecule has 0 bridgehead atoms. The Morgan fingerprint density at radius 2 is 2.18 bits per heavy atom. The number of nitrogens with zero attached hydrogens (tertiary/aromatic N) is 2. The summed E-state index contributed by atoms with van der Waals surface area (Å²) >= 11 is 0. The van der Waals surface area contributed by atoms with Gasteiger partial charge in [-0.15, -0.1) is 0 Å². The van der Waals surface area contributed by atoms with Gasteiger partial charge in [-0.05, 0) is 12.8 Å². The Balaban J connectivity index is 2.30. The van der Waals surface area contributed by atoms with E-state index in [1.165, 1.54) is 0 Å². The van der Waals surface area contributed by atoms with E-state index in [1.54, 1.807) is 0 Å². The molecule has 6 N–H and O–H groups in total. The van der Waals surface area contributed by atoms with Crippen molar-refractivity contribution < 1.29 is 22.8 Å². The Bertz CT molecular complexity index is 681. The zero-order valence-electron chi connectivity index (χ0n) is 11.6. The maximum absolute atomic E-state index is 12.0. The maximum atomic E-state index is 12.0. The van der Waals surface area contributed by atoms with Crippen LogP contribution < -0.4 is 16.2 Å². The van der Waals surface area contributed by atoms with E-state index in [4.69, 9.17) is 21.1 Å². The number of aliphatic hydroxyl groups is 1. The fourth-order valence-electron chi connectivity index (χ4n) is 1.65. The molecule has 0 radical (unpaired) electrons. The van der Waals surface area contributed by atoms with Gasteiger partial charge in [0.05, 0.1) is 17.9 Å². The van der Waals surface area contributed by atoms with Gasteiger partial charge in [0.25, 0.3) is 0 Å². The summed E-state index contributed by atoms with van der Waals surface area (Å²) in [5, 5.41) is 12.0. The third kappa shape index (κ3) is 3.50. The van der Waals surface area contributed by atoms with E-state index in [9.17, 15) is 13.2 Å². The van der Waals surface area contributed by atoms with Gasteiger partial charge in [0, 0.05) is 5.57 Å². The predicted octanol–water partition coefficient (Wildman–Crippen LogP) is -1.77. The molecule has 1 aromatic heterocycles. The molecule has 1 aliphatic carbocycles. The first-order valence-electron chi connectivity index (χ1n) is 6.46. The minimum absolute atomic E-state index is 0.0228. The van der Waals surface area contributed by atoms with Crippen molar-refractivity contribution in [2.45, 2.75) is 30.2 Å². The molecule has 0 unspecified atom stereocenters. The van der Waals surface area contributed by atoms with Crippen LogP contribution in [0.5, 0.6) is 0 Å². The van der Waals surface area contributed by atoms with Crippen LogP contribution in [0.25, 0.3) is 0 Å². The standard InChI is InChI=1S/C11H17N5O5S/c1-5(9(13)18)8(16-22(19,20)6-2-3-6)11-14-10(15-21-11)7(12)4-17/h6-8,16-17H,1-4,12H2,(H2,13,18)/t7-,8-/m0/s1. The molecule has 2 rings (SSSR count). The smallest absolute Gasteiger partial charge is 0.249 e. The summed E-state index contributed by atoms with van der Waals surface area (Å²) in [6.07, 6.45) is 1.07. The van der Waals surface area contributed by atoms with Gasteiger partial charge in [0.1, 0.15) is 6.04 Å². The van der Waals surface area contributed by atoms with Crippen LogP contribution in [-0.2, 0) is 14.8 Å². The summed E-state index contributed by atoms with van der Waals surface area (Å²) in [7, 11) is -3.66. The lowest BCUT2D eigenvalue weighted by Gasteiger charge is -2.15. The van der Waals surface area contributed by atoms with Gasteiger partial charge in [-0.1, -0.05) is 11.7 Å². The van der Waals surface area contributed by atoms with Crippen LogP contribution in [0.3, 0.4) is 0 Å². The van der Waals surface area contributed by atoms with E-state index in [0.717, 1.165) is 0 Å². The quantitative estimate of drug-likeness (QED) is 0.404. The minimum atomic E-state index is -3.66. The van der Waals surface area contributed by atoms with Gasteiger partial charge in [0.15, 0.2) is 5.82 Å². The molecule has 122 valence electrons. The van der Waals surface area contributed by atoms with Crippen molar-refractivity contribution in [2.75, 3.05) is 6.61 Å². The normalized spacial score (nSPS) is 17.9. The van der Waals surface area contributed by atoms with Crippen molar-refractivity contribution in [1.29, 1.82) is 0 Å². The highest BCUT2D eigenvalue weighted by molar-refractivity contribution is 7.90. The van der Waals surface area contributed by atoms with Crippen LogP contribution >= 0.6 is 0 Å². The van der Waals surface area contributed by atoms with Gasteiger partial charge in [0.2, 0.25) is 21.8 Å². The number of carbonyl (C=O) groups is 1. The van der Waals surface area contributed by atoms with E-state index in [2.05, 4.69) is 21.4 Å². The molecule has 0 spiro atoms. The number of aromatic nitrogens is 2. The largest absolute Gasteiger partial charge is 0.394 e. The highest BCUT2D eigenvalue weighted by Crippen LogP contribution is 2.30. The van der Waals surface area contributed by atoms with Gasteiger partial charge in [-0.2, -0.15) is 9.71 Å². The van der Waals surface area contributed by atoms with Gasteiger partial charge >= 0.3 is 0 Å². The molecule has 0 aliphatic heterocycles. The van der Waals surface area contributed by atoms with E-state index in [1.807, 2.05) is 0 Å². The molecule has 1 amide bonds. The average Bonchev–Trinajstić information content (AvgIpc) is 3.22. The van der Waals surface area contributed by atoms with Crippen molar-refractivity contribution in [3.05, 3.63) is 23.9 Å². The molecular formula is C11H17N5O5S. The monoisotopic (exact) mass is 331 g/mol. The Morgan fingerprint density at radius 1 is 1.55 bits per heavy atom. The highest BCUT2D eigenvalue weighted by Gasteiger charge is 2.39. The Morgan fingerprint density at radius 3 is 2.68 bits per heavy atom. The van der Waals surface area contributed by atoms with Crippen LogP contribution in [0.15, 0.2) is 16.7 Å². The second-order valence-corrected chi connectivity index (χ2v) is 6.96. The molecule has 1 fully saturated rings. The highest BCUT2D eigenvalue weighted by atomic mass is 32.2. The molecule has 0 saturated heterocycles. The number of carbonyl (C=O) groups excluding carboxylic acids is 1. The van der Waals surface area contributed by atoms with Crippen LogP contribution in [0.1, 0.15) is 36.6 Å². The lowest BCUT2D eigenvalue weighted by molar-refractivity contribution is -0.114. The average molecular weight is 331 g/mol. The summed E-state index contributed by atoms with van der Waals surface area (Å²) < 4.78 is 31.3. The van der Waals surface area contributed by atoms with E-state index < -0.39 is 39.9 Å². The number of aliphatic hydroxyl groups excluding tert-OH is 1. The fourth-order valence-corrected chi connectivity index (χ4v) is 3.17. The van der Waals surface area contributed by atoms with Crippen LogP contribution in [0, 0.1) is 0 Å². The van der Waals surface area contributed by atoms with Crippen molar-refractivity contribution in [2.24, 2.45) is 11.5 Å². The molecule has 0 aromatic carbocycles. The fraction of sp³-hybridized carbons (Fsp3) is 0.545. The molecular weight excluding hydrogens is 314 g/mol. The van der Waals surface area contributed by atoms with E-state index >= 15 is 0 Å². The molecule has 1 aliphatic rings. The topological polar surface area (TPSA) is 174 Å². The molecule has 10 nitrogen and oxygen atoms in total. The zero-order valence-corrected chi connectivity index (χ0v) is 12.4. The van der Waals surface area contributed by atoms with Crippen molar-refractivity contribution in [3.8, 4) is 0 Å². The molecule has 1 heterocycles. The lowest BCUT2D eigenvalue weighted by atomic mass is 10.1. The first-order chi connectivity index (χ1) is 10.3. The molecule has 1 aromatic rings. The SMILES string of the molecule is C=C(C(N)=O)[C@H](NS(=O)(=O)C1CC1)c1nc([C@@H](N)CO)no1. The first kappa shape index (κ1) is 16.5. The number of hydrogen-bond acceptors (Lipinski definition) is 8. The van der Waals surface area contributed by atoms with Crippen molar-refractivity contribution in [1.82, 2.24) is 14.9 Å². The number of nitrogens with one attached hydrogen (secondary N) is 1. The predicted molar refractivity (Wildman–Crippen MR) is 74.5 cm³/mol. The third-order valence-corrected chi connectivity index (χ3v) is 5.06. The number of rotatable bonds is 8.